The molecule has 9 aromatic rings. The zero-order valence-corrected chi connectivity index (χ0v) is 26.3. The standard InChI is InChI=1S/C46H31NO/c1-3-12-32(13-4-1)34-22-26-36(27-23-34)47(37-28-24-35(25-29-37)33-14-5-2-6-15-33)44-20-9-7-16-40(44)38-18-11-19-42-39(38)30-31-43-41-17-8-10-21-45(41)48-46(42)43/h1-31H. The summed E-state index contributed by atoms with van der Waals surface area (Å²) in [5.74, 6) is 0. The number of furan rings is 1. The van der Waals surface area contributed by atoms with E-state index in [0.29, 0.717) is 0 Å². The van der Waals surface area contributed by atoms with E-state index in [1.165, 1.54) is 22.3 Å². The van der Waals surface area contributed by atoms with Gasteiger partial charge in [-0.1, -0.05) is 146 Å². The average molecular weight is 614 g/mol. The fraction of sp³-hybridized carbons (Fsp3) is 0. The van der Waals surface area contributed by atoms with E-state index in [2.05, 4.69) is 181 Å². The van der Waals surface area contributed by atoms with Gasteiger partial charge in [0.05, 0.1) is 5.69 Å². The summed E-state index contributed by atoms with van der Waals surface area (Å²) in [6, 6.07) is 66.9. The smallest absolute Gasteiger partial charge is 0.143 e. The molecule has 0 aliphatic heterocycles. The highest BCUT2D eigenvalue weighted by atomic mass is 16.3. The Kier molecular flexibility index (Phi) is 6.84. The molecule has 0 amide bonds. The molecule has 48 heavy (non-hydrogen) atoms. The van der Waals surface area contributed by atoms with Crippen molar-refractivity contribution in [2.45, 2.75) is 0 Å². The van der Waals surface area contributed by atoms with Crippen LogP contribution in [-0.4, -0.2) is 0 Å². The minimum absolute atomic E-state index is 0.912. The van der Waals surface area contributed by atoms with E-state index in [0.717, 1.165) is 60.9 Å². The third-order valence-corrected chi connectivity index (χ3v) is 9.30. The monoisotopic (exact) mass is 613 g/mol. The molecule has 2 heteroatoms. The Hall–Kier alpha value is -6.38. The number of para-hydroxylation sites is 2. The molecule has 0 radical (unpaired) electrons. The molecule has 0 aliphatic rings. The third kappa shape index (κ3) is 4.83. The van der Waals surface area contributed by atoms with Crippen LogP contribution in [0.25, 0.3) is 66.1 Å². The van der Waals surface area contributed by atoms with Crippen LogP contribution in [0.2, 0.25) is 0 Å². The van der Waals surface area contributed by atoms with E-state index < -0.39 is 0 Å². The summed E-state index contributed by atoms with van der Waals surface area (Å²) in [5, 5.41) is 4.56. The normalized spacial score (nSPS) is 11.3. The van der Waals surface area contributed by atoms with Crippen molar-refractivity contribution in [1.82, 2.24) is 0 Å². The summed E-state index contributed by atoms with van der Waals surface area (Å²) in [5.41, 5.74) is 12.2. The fourth-order valence-electron chi connectivity index (χ4n) is 6.97. The first-order valence-corrected chi connectivity index (χ1v) is 16.4. The quantitative estimate of drug-likeness (QED) is 0.185. The van der Waals surface area contributed by atoms with Gasteiger partial charge in [0.15, 0.2) is 0 Å². The van der Waals surface area contributed by atoms with Crippen LogP contribution in [0.3, 0.4) is 0 Å². The van der Waals surface area contributed by atoms with Crippen molar-refractivity contribution in [2.75, 3.05) is 4.90 Å². The Morgan fingerprint density at radius 2 is 0.792 bits per heavy atom. The summed E-state index contributed by atoms with van der Waals surface area (Å²) in [7, 11) is 0. The van der Waals surface area contributed by atoms with Crippen molar-refractivity contribution >= 4 is 49.8 Å². The maximum absolute atomic E-state index is 6.46. The number of hydrogen-bond donors (Lipinski definition) is 0. The molecular formula is C46H31NO. The Bertz CT molecular complexity index is 2450. The number of anilines is 3. The molecule has 0 saturated heterocycles. The maximum Gasteiger partial charge on any atom is 0.143 e. The zero-order chi connectivity index (χ0) is 31.9. The molecule has 0 saturated carbocycles. The SMILES string of the molecule is c1ccc(-c2ccc(N(c3ccc(-c4ccccc4)cc3)c3ccccc3-c3cccc4c3ccc3c5ccccc5oc43)cc2)cc1. The molecule has 0 aliphatic carbocycles. The van der Waals surface area contributed by atoms with Crippen LogP contribution >= 0.6 is 0 Å². The summed E-state index contributed by atoms with van der Waals surface area (Å²) < 4.78 is 6.46. The second kappa shape index (κ2) is 11.8. The average Bonchev–Trinajstić information content (AvgIpc) is 3.56. The first-order chi connectivity index (χ1) is 23.8. The predicted octanol–water partition coefficient (Wildman–Crippen LogP) is 13.2. The summed E-state index contributed by atoms with van der Waals surface area (Å²) in [6.07, 6.45) is 0. The lowest BCUT2D eigenvalue weighted by Crippen LogP contribution is -2.11. The molecule has 1 heterocycles. The van der Waals surface area contributed by atoms with Crippen LogP contribution in [0.1, 0.15) is 0 Å². The molecule has 0 bridgehead atoms. The highest BCUT2D eigenvalue weighted by Gasteiger charge is 2.20. The second-order valence-electron chi connectivity index (χ2n) is 12.1. The molecule has 0 atom stereocenters. The Balaban J connectivity index is 1.22. The van der Waals surface area contributed by atoms with Crippen molar-refractivity contribution in [3.05, 3.63) is 188 Å². The van der Waals surface area contributed by atoms with Crippen molar-refractivity contribution in [3.63, 3.8) is 0 Å². The van der Waals surface area contributed by atoms with E-state index in [9.17, 15) is 0 Å². The van der Waals surface area contributed by atoms with Crippen molar-refractivity contribution in [3.8, 4) is 33.4 Å². The van der Waals surface area contributed by atoms with Crippen molar-refractivity contribution in [1.29, 1.82) is 0 Å². The molecule has 9 rings (SSSR count). The lowest BCUT2D eigenvalue weighted by molar-refractivity contribution is 0.672. The van der Waals surface area contributed by atoms with E-state index >= 15 is 0 Å². The number of nitrogens with zero attached hydrogens (tertiary/aromatic N) is 1. The molecular weight excluding hydrogens is 583 g/mol. The van der Waals surface area contributed by atoms with Crippen LogP contribution in [0, 0.1) is 0 Å². The lowest BCUT2D eigenvalue weighted by Gasteiger charge is -2.28. The van der Waals surface area contributed by atoms with Gasteiger partial charge in [0.2, 0.25) is 0 Å². The van der Waals surface area contributed by atoms with Crippen molar-refractivity contribution < 1.29 is 4.42 Å². The van der Waals surface area contributed by atoms with Crippen LogP contribution in [0.5, 0.6) is 0 Å². The van der Waals surface area contributed by atoms with Gasteiger partial charge in [-0.2, -0.15) is 0 Å². The highest BCUT2D eigenvalue weighted by Crippen LogP contribution is 2.44. The first-order valence-electron chi connectivity index (χ1n) is 16.4. The van der Waals surface area contributed by atoms with Gasteiger partial charge in [0, 0.05) is 33.1 Å². The maximum atomic E-state index is 6.46. The molecule has 226 valence electrons. The number of hydrogen-bond acceptors (Lipinski definition) is 2. The number of benzene rings is 8. The summed E-state index contributed by atoms with van der Waals surface area (Å²) in [4.78, 5) is 2.37. The minimum Gasteiger partial charge on any atom is -0.455 e. The van der Waals surface area contributed by atoms with Crippen molar-refractivity contribution in [2.24, 2.45) is 0 Å². The van der Waals surface area contributed by atoms with E-state index in [1.54, 1.807) is 0 Å². The number of fused-ring (bicyclic) bond motifs is 5. The van der Waals surface area contributed by atoms with E-state index in [1.807, 2.05) is 12.1 Å². The fourth-order valence-corrected chi connectivity index (χ4v) is 6.97. The molecule has 1 aromatic heterocycles. The molecule has 0 N–H and O–H groups in total. The Morgan fingerprint density at radius 3 is 1.46 bits per heavy atom. The molecule has 0 unspecified atom stereocenters. The third-order valence-electron chi connectivity index (χ3n) is 9.30. The molecule has 8 aromatic carbocycles. The summed E-state index contributed by atoms with van der Waals surface area (Å²) >= 11 is 0. The topological polar surface area (TPSA) is 16.4 Å². The van der Waals surface area contributed by atoms with Gasteiger partial charge < -0.3 is 9.32 Å². The second-order valence-corrected chi connectivity index (χ2v) is 12.1. The Morgan fingerprint density at radius 1 is 0.312 bits per heavy atom. The van der Waals surface area contributed by atoms with Gasteiger partial charge in [-0.25, -0.2) is 0 Å². The zero-order valence-electron chi connectivity index (χ0n) is 26.3. The van der Waals surface area contributed by atoms with E-state index in [-0.39, 0.29) is 0 Å². The minimum atomic E-state index is 0.912. The van der Waals surface area contributed by atoms with Gasteiger partial charge in [-0.15, -0.1) is 0 Å². The Labute approximate surface area is 279 Å². The lowest BCUT2D eigenvalue weighted by atomic mass is 9.94. The van der Waals surface area contributed by atoms with Gasteiger partial charge in [0.25, 0.3) is 0 Å². The highest BCUT2D eigenvalue weighted by molar-refractivity contribution is 6.17. The van der Waals surface area contributed by atoms with Gasteiger partial charge >= 0.3 is 0 Å². The number of rotatable bonds is 6. The van der Waals surface area contributed by atoms with Crippen LogP contribution in [0.15, 0.2) is 192 Å². The molecule has 2 nitrogen and oxygen atoms in total. The van der Waals surface area contributed by atoms with Crippen LogP contribution in [0.4, 0.5) is 17.1 Å². The predicted molar refractivity (Wildman–Crippen MR) is 202 cm³/mol. The van der Waals surface area contributed by atoms with Crippen LogP contribution < -0.4 is 4.90 Å². The molecule has 0 fully saturated rings. The van der Waals surface area contributed by atoms with Crippen LogP contribution in [-0.2, 0) is 0 Å². The van der Waals surface area contributed by atoms with Gasteiger partial charge in [-0.05, 0) is 75.7 Å². The first kappa shape index (κ1) is 27.9. The molecule has 0 spiro atoms. The van der Waals surface area contributed by atoms with Gasteiger partial charge in [0.1, 0.15) is 11.2 Å². The van der Waals surface area contributed by atoms with E-state index in [4.69, 9.17) is 4.42 Å². The summed E-state index contributed by atoms with van der Waals surface area (Å²) in [6.45, 7) is 0. The largest absolute Gasteiger partial charge is 0.455 e. The van der Waals surface area contributed by atoms with Gasteiger partial charge in [-0.3, -0.25) is 0 Å².